The molecule has 644 valence electrons. The number of ether oxygens (including phenoxy) is 2. The third-order valence-electron chi connectivity index (χ3n) is 18.4. The quantitative estimate of drug-likeness (QED) is 0.0210. The summed E-state index contributed by atoms with van der Waals surface area (Å²) in [4.78, 5) is 116. The van der Waals surface area contributed by atoms with E-state index in [9.17, 15) is 63.1 Å². The predicted octanol–water partition coefficient (Wildman–Crippen LogP) is 15.5. The van der Waals surface area contributed by atoms with Crippen LogP contribution in [0.15, 0.2) is 129 Å². The Bertz CT molecular complexity index is 5680. The zero-order valence-corrected chi connectivity index (χ0v) is 66.7. The van der Waals surface area contributed by atoms with Crippen molar-refractivity contribution in [1.82, 2.24) is 101 Å². The Hall–Kier alpha value is -11.7. The lowest BCUT2D eigenvalue weighted by atomic mass is 9.97. The van der Waals surface area contributed by atoms with E-state index in [1.54, 1.807) is 93.2 Å². The Morgan fingerprint density at radius 2 is 0.933 bits per heavy atom. The van der Waals surface area contributed by atoms with Gasteiger partial charge in [0.1, 0.15) is 82.8 Å². The highest BCUT2D eigenvalue weighted by molar-refractivity contribution is 6.32. The first-order chi connectivity index (χ1) is 56.4. The van der Waals surface area contributed by atoms with Gasteiger partial charge >= 0.3 is 18.5 Å². The highest BCUT2D eigenvalue weighted by atomic mass is 35.5. The van der Waals surface area contributed by atoms with Crippen LogP contribution < -0.4 is 41.7 Å². The SMILES string of the molecule is C=CCOC1C[C@H](C(=O)NCC(F)(F)F)N(c2nc(-c3c[nH]c4ncc(Cl)cc34)ncc2F)C1.CCNC(=O)C(C)(C)Nc1ccnc(-c2c[nH]c3ncc(Cl)cc23)n1.CC[C@](C)(Nc1ccnc(-c2c[nH]c3ncc(Cl)cc23)n1)C(=O)NCC(F)(F)F.COC1C[C@@H](C(=O)NCC(F)(F)F)N(c2ccnc(-c3c[nH]c4ncc(Cl)cc34)n2)C1.[HH].[HH].[HH].[HH].[HH].[HH].[HH].[HH]. The number of pyridine rings is 4. The Morgan fingerprint density at radius 1 is 0.529 bits per heavy atom. The van der Waals surface area contributed by atoms with Crippen molar-refractivity contribution in [3.05, 3.63) is 155 Å². The number of aromatic amines is 4. The molecular weight excluding hydrogens is 1660 g/mol. The molecule has 12 aromatic rings. The number of halogens is 14. The van der Waals surface area contributed by atoms with Gasteiger partial charge in [-0.2, -0.15) is 39.5 Å². The fourth-order valence-corrected chi connectivity index (χ4v) is 13.1. The minimum absolute atomic E-state index is 0. The maximum atomic E-state index is 14.9. The number of methoxy groups -OCH3 is 1. The summed E-state index contributed by atoms with van der Waals surface area (Å²) in [7, 11) is 1.49. The number of carbonyl (C=O) groups excluding carboxylic acids is 4. The van der Waals surface area contributed by atoms with E-state index < -0.39 is 91.0 Å². The van der Waals surface area contributed by atoms with E-state index >= 15 is 0 Å². The molecule has 0 aromatic carbocycles. The van der Waals surface area contributed by atoms with Crippen molar-refractivity contribution in [2.75, 3.05) is 73.4 Å². The molecule has 14 heterocycles. The first kappa shape index (κ1) is 88.1. The number of hydrogen-bond acceptors (Lipinski definition) is 22. The van der Waals surface area contributed by atoms with Crippen molar-refractivity contribution < 1.29 is 84.0 Å². The van der Waals surface area contributed by atoms with E-state index in [1.807, 2.05) is 28.9 Å². The number of nitrogens with one attached hydrogen (secondary N) is 10. The van der Waals surface area contributed by atoms with Crippen molar-refractivity contribution in [3.63, 3.8) is 0 Å². The van der Waals surface area contributed by atoms with Crippen LogP contribution in [0.2, 0.25) is 20.1 Å². The molecule has 14 rings (SSSR count). The molecule has 2 aliphatic heterocycles. The zero-order chi connectivity index (χ0) is 85.9. The van der Waals surface area contributed by atoms with Crippen LogP contribution in [0.4, 0.5) is 67.2 Å². The monoisotopic (exact) mass is 1750 g/mol. The van der Waals surface area contributed by atoms with Gasteiger partial charge in [0.2, 0.25) is 23.6 Å². The molecule has 0 aliphatic carbocycles. The minimum atomic E-state index is -4.59. The largest absolute Gasteiger partial charge is 0.405 e. The number of hydrogen-bond donors (Lipinski definition) is 10. The number of H-pyrrole nitrogens is 4. The first-order valence-electron chi connectivity index (χ1n) is 36.1. The number of likely N-dealkylation sites (N-methyl/N-ethyl adjacent to an activating group) is 1. The summed E-state index contributed by atoms with van der Waals surface area (Å²) < 4.78 is 139. The van der Waals surface area contributed by atoms with E-state index in [1.165, 1.54) is 62.1 Å². The molecule has 4 amide bonds. The van der Waals surface area contributed by atoms with E-state index in [-0.39, 0.29) is 67.5 Å². The molecule has 30 nitrogen and oxygen atoms in total. The van der Waals surface area contributed by atoms with Crippen LogP contribution in [0.3, 0.4) is 0 Å². The molecule has 2 aliphatic rings. The molecule has 0 bridgehead atoms. The fourth-order valence-electron chi connectivity index (χ4n) is 12.5. The molecule has 2 saturated heterocycles. The van der Waals surface area contributed by atoms with Crippen LogP contribution in [0.5, 0.6) is 0 Å². The van der Waals surface area contributed by atoms with Crippen LogP contribution in [0.25, 0.3) is 89.7 Å². The zero-order valence-electron chi connectivity index (χ0n) is 63.6. The molecule has 0 radical (unpaired) electrons. The fraction of sp³-hybridized carbons (Fsp3) is 0.333. The van der Waals surface area contributed by atoms with Gasteiger partial charge in [-0.3, -0.25) is 19.2 Å². The van der Waals surface area contributed by atoms with Crippen LogP contribution in [0.1, 0.15) is 65.3 Å². The second-order valence-corrected chi connectivity index (χ2v) is 29.2. The van der Waals surface area contributed by atoms with Gasteiger partial charge in [0, 0.05) is 163 Å². The van der Waals surface area contributed by atoms with Crippen molar-refractivity contribution in [2.24, 2.45) is 0 Å². The van der Waals surface area contributed by atoms with Gasteiger partial charge in [-0.25, -0.2) is 64.2 Å². The van der Waals surface area contributed by atoms with Gasteiger partial charge in [0.05, 0.1) is 45.1 Å². The number of anilines is 4. The molecule has 44 heteroatoms. The second-order valence-electron chi connectivity index (χ2n) is 27.4. The van der Waals surface area contributed by atoms with Gasteiger partial charge in [-0.15, -0.1) is 6.58 Å². The van der Waals surface area contributed by atoms with Gasteiger partial charge in [0.15, 0.2) is 34.9 Å². The number of alkyl halides is 9. The summed E-state index contributed by atoms with van der Waals surface area (Å²) in [5.74, 6) is -0.976. The maximum Gasteiger partial charge on any atom is 0.405 e. The first-order valence-corrected chi connectivity index (χ1v) is 37.6. The summed E-state index contributed by atoms with van der Waals surface area (Å²) in [5, 5.41) is 19.3. The number of nitrogens with zero attached hydrogens (tertiary/aromatic N) is 14. The number of amides is 4. The lowest BCUT2D eigenvalue weighted by Gasteiger charge is -2.29. The van der Waals surface area contributed by atoms with Gasteiger partial charge < -0.3 is 71.1 Å². The summed E-state index contributed by atoms with van der Waals surface area (Å²) in [6.45, 7) is 9.01. The maximum absolute atomic E-state index is 14.9. The standard InChI is InChI=1S/C21H19ClF4N6O2.C19H18ClF3N6O2.C18H18ClF3N6O.C17H19ClN6O.8H2/c1-2-3-34-12-5-16(20(33)30-10-21(24,25)26)32(9-12)19-15(23)8-29-18(31-19)14-7-28-17-13(14)4-11(22)6-27-17;1-31-11-5-14(18(30)27-9-19(21,22)23)29(8-11)15-2-3-24-17(28-15)13-7-26-16-12(13)4-10(20)6-25-16;1-3-17(2,16(29)26-9-18(20,21)22)28-13-4-5-23-15(27-13)12-8-25-14-11(12)6-10(19)7-24-14;1-4-19-16(25)17(2,3)24-13-5-6-20-15(23-13)12-9-22-14-11(12)7-10(18)8-21-14;;;;;;;;/h2,4,6-8,12,16H,1,3,5,9-10H2,(H,27,28)(H,30,33);2-4,6-7,11,14H,5,8-9H2,1H3,(H,25,26)(H,27,30);4-8H,3,9H2,1-2H3,(H,24,25)(H,26,29)(H,23,27,28);5-9H,4H2,1-3H3,(H,19,25)(H,21,22)(H,20,23,24);8*1H/t12?,16-;11?,14-;17-;;;;;;;;;/m100........./s1. The van der Waals surface area contributed by atoms with Gasteiger partial charge in [-0.05, 0) is 76.6 Å². The Kier molecular flexibility index (Phi) is 27.7. The lowest BCUT2D eigenvalue weighted by molar-refractivity contribution is -0.140. The van der Waals surface area contributed by atoms with E-state index in [2.05, 4.69) is 102 Å². The van der Waals surface area contributed by atoms with E-state index in [0.717, 1.165) is 27.9 Å². The molecule has 0 saturated carbocycles. The number of fused-ring (bicyclic) bond motifs is 4. The van der Waals surface area contributed by atoms with Crippen LogP contribution in [-0.4, -0.2) is 210 Å². The highest BCUT2D eigenvalue weighted by Gasteiger charge is 2.43. The molecule has 2 fully saturated rings. The smallest absolute Gasteiger partial charge is 0.380 e. The molecular formula is C75H90Cl4F10N24O6. The van der Waals surface area contributed by atoms with Gasteiger partial charge in [0.25, 0.3) is 0 Å². The average molecular weight is 1760 g/mol. The molecule has 5 atom stereocenters. The van der Waals surface area contributed by atoms with Crippen molar-refractivity contribution >= 4 is 137 Å². The van der Waals surface area contributed by atoms with Crippen molar-refractivity contribution in [2.45, 2.75) is 108 Å². The average Bonchev–Trinajstić information content (AvgIpc) is 1.65. The molecule has 12 aromatic heterocycles. The number of rotatable bonds is 23. The number of carbonyl (C=O) groups is 4. The summed E-state index contributed by atoms with van der Waals surface area (Å²) in [6.07, 6.45) is 6.01. The van der Waals surface area contributed by atoms with Crippen molar-refractivity contribution in [1.29, 1.82) is 0 Å². The normalized spacial score (nSPS) is 16.1. The summed E-state index contributed by atoms with van der Waals surface area (Å²) >= 11 is 24.2. The third kappa shape index (κ3) is 22.4. The Labute approximate surface area is 701 Å². The minimum Gasteiger partial charge on any atom is -0.380 e. The molecule has 0 spiro atoms. The van der Waals surface area contributed by atoms with Crippen LogP contribution in [0, 0.1) is 5.82 Å². The van der Waals surface area contributed by atoms with Gasteiger partial charge in [-0.1, -0.05) is 59.4 Å². The molecule has 119 heavy (non-hydrogen) atoms. The van der Waals surface area contributed by atoms with Crippen LogP contribution >= 0.6 is 46.4 Å². The second kappa shape index (κ2) is 37.5. The van der Waals surface area contributed by atoms with Crippen molar-refractivity contribution in [3.8, 4) is 45.6 Å². The van der Waals surface area contributed by atoms with E-state index in [0.29, 0.717) is 113 Å². The summed E-state index contributed by atoms with van der Waals surface area (Å²) in [5.41, 5.74) is 2.95. The van der Waals surface area contributed by atoms with E-state index in [4.69, 9.17) is 55.9 Å². The van der Waals surface area contributed by atoms with Crippen LogP contribution in [-0.2, 0) is 28.7 Å². The topological polar surface area (TPSA) is 383 Å². The third-order valence-corrected chi connectivity index (χ3v) is 19.3. The molecule has 2 unspecified atom stereocenters. The highest BCUT2D eigenvalue weighted by Crippen LogP contribution is 2.37. The Balaban J connectivity index is 0.000000430. The number of aromatic nitrogens is 16. The lowest BCUT2D eigenvalue weighted by Crippen LogP contribution is -2.52. The summed E-state index contributed by atoms with van der Waals surface area (Å²) in [6, 6.07) is 9.80. The molecule has 10 N–H and O–H groups in total. The Morgan fingerprint density at radius 3 is 1.36 bits per heavy atom. The predicted molar refractivity (Wildman–Crippen MR) is 444 cm³/mol.